The summed E-state index contributed by atoms with van der Waals surface area (Å²) in [7, 11) is 0. The Morgan fingerprint density at radius 2 is 1.71 bits per heavy atom. The molecule has 0 radical (unpaired) electrons. The van der Waals surface area contributed by atoms with Gasteiger partial charge in [-0.05, 0) is 25.1 Å². The van der Waals surface area contributed by atoms with Gasteiger partial charge in [-0.25, -0.2) is 9.50 Å². The van der Waals surface area contributed by atoms with Crippen molar-refractivity contribution in [2.45, 2.75) is 6.92 Å². The quantitative estimate of drug-likeness (QED) is 0.432. The normalized spacial score (nSPS) is 11.2. The summed E-state index contributed by atoms with van der Waals surface area (Å²) in [4.78, 5) is 9.31. The average Bonchev–Trinajstić information content (AvgIpc) is 3.36. The number of halogens is 1. The van der Waals surface area contributed by atoms with Crippen LogP contribution in [0, 0.1) is 6.92 Å². The predicted octanol–water partition coefficient (Wildman–Crippen LogP) is 5.08. The molecule has 28 heavy (non-hydrogen) atoms. The number of hydrogen-bond acceptors (Lipinski definition) is 5. The molecule has 0 fully saturated rings. The van der Waals surface area contributed by atoms with Gasteiger partial charge in [-0.1, -0.05) is 59.2 Å². The fourth-order valence-electron chi connectivity index (χ4n) is 3.07. The molecule has 5 aromatic rings. The number of aryl methyl sites for hydroxylation is 1. The van der Waals surface area contributed by atoms with Crippen molar-refractivity contribution in [2.24, 2.45) is 0 Å². The van der Waals surface area contributed by atoms with Crippen LogP contribution in [0.1, 0.15) is 5.69 Å². The van der Waals surface area contributed by atoms with Crippen LogP contribution in [0.15, 0.2) is 71.4 Å². The third-order valence-electron chi connectivity index (χ3n) is 4.48. The molecule has 136 valence electrons. The Labute approximate surface area is 165 Å². The predicted molar refractivity (Wildman–Crippen MR) is 107 cm³/mol. The van der Waals surface area contributed by atoms with Gasteiger partial charge in [-0.3, -0.25) is 0 Å². The zero-order valence-corrected chi connectivity index (χ0v) is 15.6. The lowest BCUT2D eigenvalue weighted by atomic mass is 10.1. The monoisotopic (exact) mass is 387 g/mol. The second kappa shape index (κ2) is 6.58. The van der Waals surface area contributed by atoms with Crippen LogP contribution in [0.5, 0.6) is 0 Å². The molecule has 0 unspecified atom stereocenters. The molecule has 7 heteroatoms. The molecule has 0 saturated heterocycles. The Balaban J connectivity index is 1.63. The molecule has 0 aliphatic carbocycles. The van der Waals surface area contributed by atoms with Gasteiger partial charge in [-0.2, -0.15) is 10.1 Å². The summed E-state index contributed by atoms with van der Waals surface area (Å²) in [5.41, 5.74) is 4.98. The molecule has 0 aliphatic heterocycles. The number of hydrogen-bond donors (Lipinski definition) is 0. The van der Waals surface area contributed by atoms with Crippen LogP contribution in [0.2, 0.25) is 5.02 Å². The van der Waals surface area contributed by atoms with Crippen LogP contribution in [0.25, 0.3) is 39.7 Å². The number of rotatable bonds is 3. The van der Waals surface area contributed by atoms with Gasteiger partial charge in [0.1, 0.15) is 5.56 Å². The highest BCUT2D eigenvalue weighted by Gasteiger charge is 2.18. The number of benzene rings is 2. The van der Waals surface area contributed by atoms with E-state index in [2.05, 4.69) is 15.2 Å². The summed E-state index contributed by atoms with van der Waals surface area (Å²) in [5.74, 6) is 0.912. The molecule has 0 aliphatic rings. The van der Waals surface area contributed by atoms with Crippen LogP contribution < -0.4 is 0 Å². The second-order valence-electron chi connectivity index (χ2n) is 6.37. The third-order valence-corrected chi connectivity index (χ3v) is 4.73. The van der Waals surface area contributed by atoms with Gasteiger partial charge in [0.15, 0.2) is 5.65 Å². The summed E-state index contributed by atoms with van der Waals surface area (Å²) in [5, 5.41) is 9.21. The molecule has 0 amide bonds. The highest BCUT2D eigenvalue weighted by Crippen LogP contribution is 2.28. The van der Waals surface area contributed by atoms with Crippen molar-refractivity contribution in [3.8, 4) is 34.1 Å². The van der Waals surface area contributed by atoms with Crippen molar-refractivity contribution in [2.75, 3.05) is 0 Å². The van der Waals surface area contributed by atoms with E-state index in [4.69, 9.17) is 21.1 Å². The molecular formula is C21H14ClN5O. The van der Waals surface area contributed by atoms with Crippen molar-refractivity contribution in [3.63, 3.8) is 0 Å². The molecule has 0 saturated carbocycles. The SMILES string of the molecule is Cc1cc(-c2ccc(Cl)cc2)nc2c(-c3nc(-c4ccccc4)no3)cnn12. The average molecular weight is 388 g/mol. The molecule has 0 atom stereocenters. The topological polar surface area (TPSA) is 69.1 Å². The first kappa shape index (κ1) is 16.6. The first-order chi connectivity index (χ1) is 13.7. The molecule has 3 aromatic heterocycles. The van der Waals surface area contributed by atoms with E-state index in [9.17, 15) is 0 Å². The number of fused-ring (bicyclic) bond motifs is 1. The van der Waals surface area contributed by atoms with E-state index in [-0.39, 0.29) is 0 Å². The van der Waals surface area contributed by atoms with E-state index < -0.39 is 0 Å². The Bertz CT molecular complexity index is 1280. The fourth-order valence-corrected chi connectivity index (χ4v) is 3.20. The molecule has 0 N–H and O–H groups in total. The maximum absolute atomic E-state index is 6.00. The molecule has 0 bridgehead atoms. The zero-order valence-electron chi connectivity index (χ0n) is 14.9. The van der Waals surface area contributed by atoms with Crippen LogP contribution in [0.4, 0.5) is 0 Å². The summed E-state index contributed by atoms with van der Waals surface area (Å²) in [6.07, 6.45) is 1.70. The Morgan fingerprint density at radius 1 is 0.929 bits per heavy atom. The Morgan fingerprint density at radius 3 is 2.50 bits per heavy atom. The standard InChI is InChI=1S/C21H14ClN5O/c1-13-11-18(14-7-9-16(22)10-8-14)24-20-17(12-23-27(13)20)21-25-19(26-28-21)15-5-3-2-4-6-15/h2-12H,1H3. The third kappa shape index (κ3) is 2.84. The molecular weight excluding hydrogens is 374 g/mol. The summed E-state index contributed by atoms with van der Waals surface area (Å²) < 4.78 is 7.27. The minimum absolute atomic E-state index is 0.383. The van der Waals surface area contributed by atoms with Gasteiger partial charge in [0.2, 0.25) is 5.82 Å². The van der Waals surface area contributed by atoms with E-state index in [0.29, 0.717) is 27.9 Å². The maximum Gasteiger partial charge on any atom is 0.263 e. The van der Waals surface area contributed by atoms with Crippen LogP contribution in [-0.4, -0.2) is 24.7 Å². The Hall–Kier alpha value is -3.51. The molecule has 0 spiro atoms. The maximum atomic E-state index is 6.00. The van der Waals surface area contributed by atoms with E-state index in [1.54, 1.807) is 10.7 Å². The van der Waals surface area contributed by atoms with Gasteiger partial charge in [0.25, 0.3) is 5.89 Å². The first-order valence-corrected chi connectivity index (χ1v) is 9.08. The van der Waals surface area contributed by atoms with Crippen molar-refractivity contribution < 1.29 is 4.52 Å². The Kier molecular flexibility index (Phi) is 3.91. The van der Waals surface area contributed by atoms with Gasteiger partial charge < -0.3 is 4.52 Å². The van der Waals surface area contributed by atoms with Gasteiger partial charge in [0, 0.05) is 21.8 Å². The van der Waals surface area contributed by atoms with Crippen molar-refractivity contribution in [3.05, 3.63) is 77.6 Å². The lowest BCUT2D eigenvalue weighted by molar-refractivity contribution is 0.432. The highest BCUT2D eigenvalue weighted by molar-refractivity contribution is 6.30. The van der Waals surface area contributed by atoms with Crippen LogP contribution in [0.3, 0.4) is 0 Å². The molecule has 3 heterocycles. The zero-order chi connectivity index (χ0) is 19.1. The highest BCUT2D eigenvalue weighted by atomic mass is 35.5. The van der Waals surface area contributed by atoms with E-state index >= 15 is 0 Å². The lowest BCUT2D eigenvalue weighted by Gasteiger charge is -2.05. The van der Waals surface area contributed by atoms with Crippen molar-refractivity contribution >= 4 is 17.2 Å². The van der Waals surface area contributed by atoms with E-state index in [0.717, 1.165) is 22.5 Å². The summed E-state index contributed by atoms with van der Waals surface area (Å²) in [6.45, 7) is 1.98. The number of nitrogens with zero attached hydrogens (tertiary/aromatic N) is 5. The van der Waals surface area contributed by atoms with Crippen LogP contribution in [-0.2, 0) is 0 Å². The van der Waals surface area contributed by atoms with Crippen molar-refractivity contribution in [1.82, 2.24) is 24.7 Å². The van der Waals surface area contributed by atoms with E-state index in [1.807, 2.05) is 67.6 Å². The van der Waals surface area contributed by atoms with E-state index in [1.165, 1.54) is 0 Å². The first-order valence-electron chi connectivity index (χ1n) is 8.70. The molecule has 2 aromatic carbocycles. The smallest absolute Gasteiger partial charge is 0.263 e. The van der Waals surface area contributed by atoms with Gasteiger partial charge in [0.05, 0.1) is 11.9 Å². The second-order valence-corrected chi connectivity index (χ2v) is 6.81. The summed E-state index contributed by atoms with van der Waals surface area (Å²) in [6, 6.07) is 19.2. The largest absolute Gasteiger partial charge is 0.333 e. The van der Waals surface area contributed by atoms with Crippen LogP contribution >= 0.6 is 11.6 Å². The van der Waals surface area contributed by atoms with Gasteiger partial charge >= 0.3 is 0 Å². The molecule has 6 nitrogen and oxygen atoms in total. The number of aromatic nitrogens is 5. The van der Waals surface area contributed by atoms with Gasteiger partial charge in [-0.15, -0.1) is 0 Å². The molecule has 5 rings (SSSR count). The van der Waals surface area contributed by atoms with Crippen molar-refractivity contribution in [1.29, 1.82) is 0 Å². The lowest BCUT2D eigenvalue weighted by Crippen LogP contribution is -1.98. The summed E-state index contributed by atoms with van der Waals surface area (Å²) >= 11 is 6.00. The minimum Gasteiger partial charge on any atom is -0.333 e. The minimum atomic E-state index is 0.383. The fraction of sp³-hybridized carbons (Fsp3) is 0.0476.